The smallest absolute Gasteiger partial charge is 0.122 e. The Labute approximate surface area is 343 Å². The lowest BCUT2D eigenvalue weighted by Gasteiger charge is -2.14. The molecule has 318 valence electrons. The van der Waals surface area contributed by atoms with Crippen molar-refractivity contribution in [3.8, 4) is 45.3 Å². The predicted octanol–water partition coefficient (Wildman–Crippen LogP) is 13.6. The molecule has 0 bridgehead atoms. The highest BCUT2D eigenvalue weighted by atomic mass is 16.6. The predicted molar refractivity (Wildman–Crippen MR) is 242 cm³/mol. The van der Waals surface area contributed by atoms with E-state index < -0.39 is 6.10 Å². The van der Waals surface area contributed by atoms with Crippen molar-refractivity contribution in [2.75, 3.05) is 39.6 Å². The highest BCUT2D eigenvalue weighted by Crippen LogP contribution is 2.27. The van der Waals surface area contributed by atoms with Crippen LogP contribution in [0.1, 0.15) is 111 Å². The van der Waals surface area contributed by atoms with E-state index in [0.29, 0.717) is 24.7 Å². The van der Waals surface area contributed by atoms with Crippen molar-refractivity contribution < 1.29 is 33.5 Å². The quantitative estimate of drug-likeness (QED) is 0.128. The Hall–Kier alpha value is -4.04. The number of aliphatic hydroxyl groups excluding tert-OH is 1. The van der Waals surface area contributed by atoms with E-state index in [9.17, 15) is 5.11 Å². The molecule has 2 atom stereocenters. The molecule has 0 aromatic heterocycles. The summed E-state index contributed by atoms with van der Waals surface area (Å²) in [6, 6.07) is 31.6. The number of epoxide rings is 2. The van der Waals surface area contributed by atoms with Gasteiger partial charge < -0.3 is 33.5 Å². The zero-order chi connectivity index (χ0) is 43.1. The first-order valence-electron chi connectivity index (χ1n) is 21.5. The summed E-state index contributed by atoms with van der Waals surface area (Å²) in [4.78, 5) is 0. The van der Waals surface area contributed by atoms with E-state index in [4.69, 9.17) is 28.4 Å². The van der Waals surface area contributed by atoms with Crippen molar-refractivity contribution >= 4 is 0 Å². The third kappa shape index (κ3) is 24.5. The number of benzene rings is 4. The van der Waals surface area contributed by atoms with Gasteiger partial charge in [-0.3, -0.25) is 0 Å². The second-order valence-electron chi connectivity index (χ2n) is 9.91. The average Bonchev–Trinajstić information content (AvgIpc) is 4.27. The van der Waals surface area contributed by atoms with Crippen LogP contribution in [-0.4, -0.2) is 63.1 Å². The molecule has 4 aromatic carbocycles. The minimum Gasteiger partial charge on any atom is -0.491 e. The maximum Gasteiger partial charge on any atom is 0.122 e. The number of hydrogen-bond donors (Lipinski definition) is 1. The second kappa shape index (κ2) is 39.2. The molecule has 7 nitrogen and oxygen atoms in total. The fourth-order valence-corrected chi connectivity index (χ4v) is 4.11. The first-order valence-corrected chi connectivity index (χ1v) is 21.5. The van der Waals surface area contributed by atoms with Gasteiger partial charge in [-0.1, -0.05) is 159 Å². The van der Waals surface area contributed by atoms with Gasteiger partial charge in [-0.25, -0.2) is 0 Å². The van der Waals surface area contributed by atoms with Crippen LogP contribution in [0, 0.1) is 0 Å². The van der Waals surface area contributed by atoms with Gasteiger partial charge in [0.15, 0.2) is 0 Å². The number of rotatable bonds is 14. The summed E-state index contributed by atoms with van der Waals surface area (Å²) in [5, 5.41) is 10.4. The summed E-state index contributed by atoms with van der Waals surface area (Å²) < 4.78 is 33.3. The van der Waals surface area contributed by atoms with Gasteiger partial charge in [0.05, 0.1) is 13.2 Å². The standard InChI is InChI=1S/C33H32O7.8C2H6/c34-27(17-35-28-9-1-23(2-10-28)25-5-13-30(14-6-25)37-19-32-21-39-32)18-36-29-11-3-24(4-12-29)26-7-15-31(16-8-26)38-20-33-22-40-33;8*1-2/h1-16,27,32-34H,17-22H2;8*1-2H3. The highest BCUT2D eigenvalue weighted by Gasteiger charge is 2.23. The van der Waals surface area contributed by atoms with Crippen LogP contribution < -0.4 is 18.9 Å². The van der Waals surface area contributed by atoms with Crippen LogP contribution in [0.25, 0.3) is 22.3 Å². The van der Waals surface area contributed by atoms with Gasteiger partial charge in [-0.15, -0.1) is 0 Å². The van der Waals surface area contributed by atoms with Gasteiger partial charge in [0.1, 0.15) is 67.7 Å². The molecule has 7 heteroatoms. The van der Waals surface area contributed by atoms with E-state index in [1.54, 1.807) is 0 Å². The van der Waals surface area contributed by atoms with Crippen LogP contribution in [0.2, 0.25) is 0 Å². The Balaban J connectivity index is -0.00000157. The Kier molecular flexibility index (Phi) is 39.4. The lowest BCUT2D eigenvalue weighted by molar-refractivity contribution is 0.0626. The van der Waals surface area contributed by atoms with E-state index in [2.05, 4.69) is 0 Å². The van der Waals surface area contributed by atoms with Crippen LogP contribution in [-0.2, 0) is 9.47 Å². The topological polar surface area (TPSA) is 82.2 Å². The van der Waals surface area contributed by atoms with Crippen LogP contribution in [0.5, 0.6) is 23.0 Å². The fourth-order valence-electron chi connectivity index (χ4n) is 4.11. The molecule has 0 saturated carbocycles. The summed E-state index contributed by atoms with van der Waals surface area (Å²) in [5.41, 5.74) is 4.33. The summed E-state index contributed by atoms with van der Waals surface area (Å²) in [7, 11) is 0. The summed E-state index contributed by atoms with van der Waals surface area (Å²) in [5.74, 6) is 3.05. The molecule has 6 rings (SSSR count). The van der Waals surface area contributed by atoms with Crippen molar-refractivity contribution in [2.24, 2.45) is 0 Å². The highest BCUT2D eigenvalue weighted by molar-refractivity contribution is 5.65. The van der Waals surface area contributed by atoms with E-state index in [0.717, 1.165) is 47.0 Å². The molecule has 4 aromatic rings. The third-order valence-electron chi connectivity index (χ3n) is 6.65. The zero-order valence-corrected chi connectivity index (χ0v) is 38.1. The number of aliphatic hydroxyl groups is 1. The summed E-state index contributed by atoms with van der Waals surface area (Å²) >= 11 is 0. The molecule has 0 radical (unpaired) electrons. The van der Waals surface area contributed by atoms with E-state index in [1.807, 2.05) is 208 Å². The van der Waals surface area contributed by atoms with Crippen LogP contribution in [0.15, 0.2) is 97.1 Å². The maximum atomic E-state index is 10.4. The lowest BCUT2D eigenvalue weighted by atomic mass is 10.1. The summed E-state index contributed by atoms with van der Waals surface area (Å²) in [6.45, 7) is 35.0. The molecule has 2 heterocycles. The van der Waals surface area contributed by atoms with Crippen LogP contribution in [0.4, 0.5) is 0 Å². The van der Waals surface area contributed by atoms with Crippen molar-refractivity contribution in [3.63, 3.8) is 0 Å². The van der Waals surface area contributed by atoms with E-state index in [1.165, 1.54) is 0 Å². The largest absolute Gasteiger partial charge is 0.491 e. The van der Waals surface area contributed by atoms with Gasteiger partial charge in [0, 0.05) is 0 Å². The molecule has 1 N–H and O–H groups in total. The number of hydrogen-bond acceptors (Lipinski definition) is 7. The lowest BCUT2D eigenvalue weighted by Crippen LogP contribution is -2.25. The van der Waals surface area contributed by atoms with Crippen molar-refractivity contribution in [2.45, 2.75) is 129 Å². The average molecular weight is 781 g/mol. The molecule has 2 aliphatic rings. The van der Waals surface area contributed by atoms with Crippen molar-refractivity contribution in [1.29, 1.82) is 0 Å². The van der Waals surface area contributed by atoms with Crippen molar-refractivity contribution in [3.05, 3.63) is 97.1 Å². The Bertz CT molecular complexity index is 1240. The van der Waals surface area contributed by atoms with Crippen molar-refractivity contribution in [1.82, 2.24) is 0 Å². The molecular formula is C49H80O7. The van der Waals surface area contributed by atoms with Gasteiger partial charge in [-0.05, 0) is 70.8 Å². The second-order valence-corrected chi connectivity index (χ2v) is 9.91. The van der Waals surface area contributed by atoms with Crippen LogP contribution in [0.3, 0.4) is 0 Å². The monoisotopic (exact) mass is 781 g/mol. The van der Waals surface area contributed by atoms with E-state index in [-0.39, 0.29) is 25.4 Å². The summed E-state index contributed by atoms with van der Waals surface area (Å²) in [6.07, 6.45) is -0.277. The molecule has 0 aliphatic carbocycles. The molecular weight excluding hydrogens is 701 g/mol. The van der Waals surface area contributed by atoms with Gasteiger partial charge in [0.2, 0.25) is 0 Å². The van der Waals surface area contributed by atoms with Crippen LogP contribution >= 0.6 is 0 Å². The minimum atomic E-state index is -0.762. The molecule has 0 amide bonds. The molecule has 2 aliphatic heterocycles. The molecule has 56 heavy (non-hydrogen) atoms. The van der Waals surface area contributed by atoms with Gasteiger partial charge >= 0.3 is 0 Å². The molecule has 2 saturated heterocycles. The van der Waals surface area contributed by atoms with Gasteiger partial charge in [-0.2, -0.15) is 0 Å². The minimum absolute atomic E-state index is 0.134. The first kappa shape index (κ1) is 56.3. The van der Waals surface area contributed by atoms with Gasteiger partial charge in [0.25, 0.3) is 0 Å². The SMILES string of the molecule is CC.CC.CC.CC.CC.CC.CC.CC.OC(COc1ccc(-c2ccc(OCC3CO3)cc2)cc1)COc1ccc(-c2ccc(OCC3CO3)cc2)cc1. The fraction of sp³-hybridized carbons (Fsp3) is 0.510. The first-order chi connectivity index (χ1) is 27.7. The third-order valence-corrected chi connectivity index (χ3v) is 6.65. The Morgan fingerprint density at radius 3 is 0.786 bits per heavy atom. The zero-order valence-electron chi connectivity index (χ0n) is 38.1. The Morgan fingerprint density at radius 1 is 0.393 bits per heavy atom. The van der Waals surface area contributed by atoms with E-state index >= 15 is 0 Å². The molecule has 2 unspecified atom stereocenters. The normalized spacial score (nSPS) is 13.7. The Morgan fingerprint density at radius 2 is 0.589 bits per heavy atom. The maximum absolute atomic E-state index is 10.4. The molecule has 0 spiro atoms. The molecule has 2 fully saturated rings. The number of ether oxygens (including phenoxy) is 6.